The van der Waals surface area contributed by atoms with Crippen molar-refractivity contribution in [2.24, 2.45) is 0 Å². The summed E-state index contributed by atoms with van der Waals surface area (Å²) in [7, 11) is 0. The van der Waals surface area contributed by atoms with Crippen LogP contribution in [0.3, 0.4) is 0 Å². The average Bonchev–Trinajstić information content (AvgIpc) is 4.03. The van der Waals surface area contributed by atoms with Crippen LogP contribution in [0.2, 0.25) is 0 Å². The van der Waals surface area contributed by atoms with Gasteiger partial charge in [0.2, 0.25) is 6.71 Å². The molecule has 3 aliphatic rings. The summed E-state index contributed by atoms with van der Waals surface area (Å²) in [5.74, 6) is 0. The number of benzene rings is 12. The third-order valence-corrected chi connectivity index (χ3v) is 17.6. The Kier molecular flexibility index (Phi) is 10.9. The lowest BCUT2D eigenvalue weighted by Gasteiger charge is -2.43. The standard InChI is InChI=1S/C74H47BN2S/c76-48-49-34-36-52(37-35-49)57-42-62(53-24-10-3-11-25-53)73(63(43-57)54-26-12-4-13-27-54)77-68-44-55(50-20-6-1-7-21-50)38-40-66(68)75-67-41-39-56(51-22-8-2-9-23-51)45-70(67)78-71-47-59(46-69(77)72(71)75)74(58-28-14-5-15-29-58)64-32-18-16-30-60(64)61-31-17-19-33-65(61)74/h1-47H. The minimum absolute atomic E-state index is 0.0738. The number of anilines is 3. The quantitative estimate of drug-likeness (QED) is 0.142. The summed E-state index contributed by atoms with van der Waals surface area (Å²) in [5, 5.41) is 9.90. The minimum Gasteiger partial charge on any atom is -0.310 e. The summed E-state index contributed by atoms with van der Waals surface area (Å²) in [6.07, 6.45) is 0. The summed E-state index contributed by atoms with van der Waals surface area (Å²) < 4.78 is 0. The van der Waals surface area contributed by atoms with E-state index in [9.17, 15) is 5.26 Å². The number of nitrogens with zero attached hydrogens (tertiary/aromatic N) is 2. The smallest absolute Gasteiger partial charge is 0.249 e. The minimum atomic E-state index is -0.663. The normalized spacial score (nSPS) is 13.1. The van der Waals surface area contributed by atoms with E-state index in [1.165, 1.54) is 70.7 Å². The summed E-state index contributed by atoms with van der Waals surface area (Å²) in [6, 6.07) is 108. The van der Waals surface area contributed by atoms with Gasteiger partial charge in [-0.3, -0.25) is 0 Å². The van der Waals surface area contributed by atoms with Crippen LogP contribution >= 0.6 is 11.8 Å². The fourth-order valence-electron chi connectivity index (χ4n) is 13.0. The van der Waals surface area contributed by atoms with Gasteiger partial charge in [-0.15, -0.1) is 0 Å². The largest absolute Gasteiger partial charge is 0.310 e. The molecule has 78 heavy (non-hydrogen) atoms. The number of hydrogen-bond donors (Lipinski definition) is 0. The van der Waals surface area contributed by atoms with E-state index in [1.54, 1.807) is 0 Å². The molecule has 15 rings (SSSR count). The Labute approximate surface area is 460 Å². The molecule has 0 aromatic heterocycles. The topological polar surface area (TPSA) is 27.0 Å². The van der Waals surface area contributed by atoms with Crippen LogP contribution in [0.15, 0.2) is 295 Å². The van der Waals surface area contributed by atoms with Gasteiger partial charge in [0.15, 0.2) is 0 Å². The molecule has 0 saturated heterocycles. The Morgan fingerprint density at radius 1 is 0.346 bits per heavy atom. The van der Waals surface area contributed by atoms with Crippen LogP contribution in [0.4, 0.5) is 17.1 Å². The van der Waals surface area contributed by atoms with Crippen LogP contribution in [0, 0.1) is 11.3 Å². The Hall–Kier alpha value is -9.66. The van der Waals surface area contributed by atoms with E-state index in [2.05, 4.69) is 284 Å². The molecule has 0 amide bonds. The highest BCUT2D eigenvalue weighted by molar-refractivity contribution is 8.00. The van der Waals surface area contributed by atoms with Crippen LogP contribution in [0.5, 0.6) is 0 Å². The van der Waals surface area contributed by atoms with Gasteiger partial charge in [-0.2, -0.15) is 5.26 Å². The second-order valence-electron chi connectivity index (χ2n) is 20.6. The van der Waals surface area contributed by atoms with Gasteiger partial charge in [-0.1, -0.05) is 254 Å². The van der Waals surface area contributed by atoms with Gasteiger partial charge in [0.05, 0.1) is 22.7 Å². The predicted octanol–water partition coefficient (Wildman–Crippen LogP) is 17.0. The third kappa shape index (κ3) is 7.20. The molecule has 0 spiro atoms. The molecule has 0 radical (unpaired) electrons. The van der Waals surface area contributed by atoms with Gasteiger partial charge < -0.3 is 4.90 Å². The molecular weight excluding hydrogens is 960 g/mol. The van der Waals surface area contributed by atoms with E-state index < -0.39 is 5.41 Å². The molecule has 4 heteroatoms. The summed E-state index contributed by atoms with van der Waals surface area (Å²) >= 11 is 1.91. The van der Waals surface area contributed by atoms with Crippen LogP contribution in [0.25, 0.3) is 66.8 Å². The second kappa shape index (κ2) is 18.6. The molecule has 2 aliphatic heterocycles. The fourth-order valence-corrected chi connectivity index (χ4v) is 14.2. The highest BCUT2D eigenvalue weighted by Gasteiger charge is 2.49. The monoisotopic (exact) mass is 1010 g/mol. The summed E-state index contributed by atoms with van der Waals surface area (Å²) in [6.45, 7) is -0.0738. The van der Waals surface area contributed by atoms with E-state index >= 15 is 0 Å². The van der Waals surface area contributed by atoms with Gasteiger partial charge in [0, 0.05) is 32.3 Å². The Morgan fingerprint density at radius 3 is 1.38 bits per heavy atom. The first-order valence-electron chi connectivity index (χ1n) is 26.7. The maximum Gasteiger partial charge on any atom is 0.249 e. The van der Waals surface area contributed by atoms with Gasteiger partial charge in [-0.25, -0.2) is 0 Å². The van der Waals surface area contributed by atoms with Crippen molar-refractivity contribution in [1.29, 1.82) is 5.26 Å². The van der Waals surface area contributed by atoms with E-state index in [4.69, 9.17) is 0 Å². The maximum atomic E-state index is 9.90. The molecule has 2 nitrogen and oxygen atoms in total. The van der Waals surface area contributed by atoms with Crippen molar-refractivity contribution in [3.8, 4) is 72.8 Å². The van der Waals surface area contributed by atoms with Crippen molar-refractivity contribution in [3.05, 3.63) is 313 Å². The van der Waals surface area contributed by atoms with E-state index in [1.807, 2.05) is 23.9 Å². The van der Waals surface area contributed by atoms with Crippen LogP contribution in [-0.4, -0.2) is 6.71 Å². The second-order valence-corrected chi connectivity index (χ2v) is 21.7. The van der Waals surface area contributed by atoms with Crippen molar-refractivity contribution in [1.82, 2.24) is 0 Å². The molecular formula is C74H47BN2S. The zero-order valence-electron chi connectivity index (χ0n) is 42.5. The highest BCUT2D eigenvalue weighted by atomic mass is 32.2. The molecule has 0 atom stereocenters. The Morgan fingerprint density at radius 2 is 0.821 bits per heavy atom. The maximum absolute atomic E-state index is 9.90. The zero-order valence-corrected chi connectivity index (χ0v) is 43.3. The Balaban J connectivity index is 1.11. The number of rotatable bonds is 8. The molecule has 0 unspecified atom stereocenters. The summed E-state index contributed by atoms with van der Waals surface area (Å²) in [5.41, 5.74) is 26.1. The molecule has 1 aliphatic carbocycles. The van der Waals surface area contributed by atoms with E-state index in [0.717, 1.165) is 61.6 Å². The first kappa shape index (κ1) is 45.7. The molecule has 0 bridgehead atoms. The number of nitriles is 1. The Bertz CT molecular complexity index is 4240. The van der Waals surface area contributed by atoms with Crippen molar-refractivity contribution in [2.75, 3.05) is 4.90 Å². The first-order chi connectivity index (χ1) is 38.6. The molecule has 12 aromatic rings. The van der Waals surface area contributed by atoms with Gasteiger partial charge in [0.25, 0.3) is 0 Å². The SMILES string of the molecule is N#Cc1ccc(-c2cc(-c3ccccc3)c(N3c4cc(-c5ccccc5)ccc4B4c5ccc(-c6ccccc6)cc5Sc5cc(C6(c7ccccc7)c7ccccc7-c7ccccc76)cc3c54)c(-c3ccccc3)c2)cc1. The molecule has 0 N–H and O–H groups in total. The van der Waals surface area contributed by atoms with Gasteiger partial charge in [0.1, 0.15) is 0 Å². The van der Waals surface area contributed by atoms with Crippen LogP contribution < -0.4 is 21.3 Å². The lowest BCUT2D eigenvalue weighted by Crippen LogP contribution is -2.60. The van der Waals surface area contributed by atoms with Crippen molar-refractivity contribution in [3.63, 3.8) is 0 Å². The molecule has 2 heterocycles. The van der Waals surface area contributed by atoms with Crippen molar-refractivity contribution in [2.45, 2.75) is 15.2 Å². The number of fused-ring (bicyclic) bond motifs is 7. The van der Waals surface area contributed by atoms with Crippen molar-refractivity contribution >= 4 is 51.9 Å². The third-order valence-electron chi connectivity index (χ3n) is 16.4. The van der Waals surface area contributed by atoms with E-state index in [-0.39, 0.29) is 6.71 Å². The lowest BCUT2D eigenvalue weighted by atomic mass is 9.34. The van der Waals surface area contributed by atoms with E-state index in [0.29, 0.717) is 5.56 Å². The molecule has 362 valence electrons. The van der Waals surface area contributed by atoms with Crippen LogP contribution in [-0.2, 0) is 5.41 Å². The molecule has 0 fully saturated rings. The zero-order chi connectivity index (χ0) is 51.7. The molecule has 12 aromatic carbocycles. The average molecular weight is 1010 g/mol. The van der Waals surface area contributed by atoms with Gasteiger partial charge >= 0.3 is 0 Å². The predicted molar refractivity (Wildman–Crippen MR) is 326 cm³/mol. The van der Waals surface area contributed by atoms with Crippen LogP contribution in [0.1, 0.15) is 27.8 Å². The summed E-state index contributed by atoms with van der Waals surface area (Å²) in [4.78, 5) is 5.18. The molecule has 0 saturated carbocycles. The van der Waals surface area contributed by atoms with Gasteiger partial charge in [-0.05, 0) is 137 Å². The van der Waals surface area contributed by atoms with Crippen molar-refractivity contribution < 1.29 is 0 Å². The fraction of sp³-hybridized carbons (Fsp3) is 0.0135. The highest BCUT2D eigenvalue weighted by Crippen LogP contribution is 2.59. The lowest BCUT2D eigenvalue weighted by molar-refractivity contribution is 0.766. The first-order valence-corrected chi connectivity index (χ1v) is 27.6. The number of hydrogen-bond acceptors (Lipinski definition) is 3.